The van der Waals surface area contributed by atoms with Crippen LogP contribution in [0.25, 0.3) is 5.82 Å². The zero-order valence-electron chi connectivity index (χ0n) is 18.6. The number of hydrogen-bond acceptors (Lipinski definition) is 5. The van der Waals surface area contributed by atoms with Gasteiger partial charge in [0.25, 0.3) is 5.91 Å². The van der Waals surface area contributed by atoms with Crippen LogP contribution < -0.4 is 5.32 Å². The third-order valence-electron chi connectivity index (χ3n) is 5.09. The number of nitrogens with one attached hydrogen (secondary N) is 1. The number of carbonyl (C=O) groups is 2. The van der Waals surface area contributed by atoms with Crippen molar-refractivity contribution in [2.24, 2.45) is 0 Å². The Morgan fingerprint density at radius 3 is 2.27 bits per heavy atom. The molecule has 0 saturated carbocycles. The minimum absolute atomic E-state index is 0.240. The van der Waals surface area contributed by atoms with Gasteiger partial charge in [0.2, 0.25) is 6.10 Å². The molecule has 0 aliphatic rings. The summed E-state index contributed by atoms with van der Waals surface area (Å²) in [4.78, 5) is 30.3. The average molecular weight is 441 g/mol. The van der Waals surface area contributed by atoms with E-state index in [1.807, 2.05) is 45.0 Å². The fraction of sp³-hybridized carbons (Fsp3) is 0.154. The van der Waals surface area contributed by atoms with Crippen LogP contribution in [-0.4, -0.2) is 26.6 Å². The summed E-state index contributed by atoms with van der Waals surface area (Å²) in [6.07, 6.45) is 0.310. The highest BCUT2D eigenvalue weighted by molar-refractivity contribution is 5.98. The van der Waals surface area contributed by atoms with Crippen molar-refractivity contribution < 1.29 is 14.3 Å². The van der Waals surface area contributed by atoms with E-state index in [-0.39, 0.29) is 5.56 Å². The third kappa shape index (κ3) is 5.15. The second kappa shape index (κ2) is 9.48. The number of anilines is 1. The zero-order valence-corrected chi connectivity index (χ0v) is 18.6. The van der Waals surface area contributed by atoms with Gasteiger partial charge in [-0.1, -0.05) is 48.0 Å². The van der Waals surface area contributed by atoms with Crippen LogP contribution in [0.15, 0.2) is 79.0 Å². The molecular weight excluding hydrogens is 416 g/mol. The molecule has 0 fully saturated rings. The second-order valence-electron chi connectivity index (χ2n) is 7.80. The van der Waals surface area contributed by atoms with Crippen LogP contribution in [0.1, 0.15) is 39.0 Å². The SMILES string of the molecule is Cc1ccc(NC(=O)C(OC(=O)c2ccc(-n3nc(C)cc3C)nc2)c2ccccc2)cc1. The predicted octanol–water partition coefficient (Wildman–Crippen LogP) is 4.73. The highest BCUT2D eigenvalue weighted by Crippen LogP contribution is 2.22. The van der Waals surface area contributed by atoms with Gasteiger partial charge in [0, 0.05) is 23.1 Å². The summed E-state index contributed by atoms with van der Waals surface area (Å²) in [7, 11) is 0. The van der Waals surface area contributed by atoms with Crippen molar-refractivity contribution in [3.63, 3.8) is 0 Å². The zero-order chi connectivity index (χ0) is 23.4. The van der Waals surface area contributed by atoms with Crippen molar-refractivity contribution in [2.75, 3.05) is 5.32 Å². The lowest BCUT2D eigenvalue weighted by atomic mass is 10.1. The van der Waals surface area contributed by atoms with Crippen molar-refractivity contribution in [1.29, 1.82) is 0 Å². The lowest BCUT2D eigenvalue weighted by Gasteiger charge is -2.18. The van der Waals surface area contributed by atoms with E-state index in [1.54, 1.807) is 53.2 Å². The summed E-state index contributed by atoms with van der Waals surface area (Å²) in [5.41, 5.74) is 4.33. The monoisotopic (exact) mass is 440 g/mol. The molecular formula is C26H24N4O3. The van der Waals surface area contributed by atoms with Gasteiger partial charge in [-0.05, 0) is 51.1 Å². The number of benzene rings is 2. The van der Waals surface area contributed by atoms with Crippen LogP contribution in [0, 0.1) is 20.8 Å². The molecule has 0 aliphatic carbocycles. The summed E-state index contributed by atoms with van der Waals surface area (Å²) in [5, 5.41) is 7.22. The number of esters is 1. The van der Waals surface area contributed by atoms with Crippen LogP contribution in [-0.2, 0) is 9.53 Å². The van der Waals surface area contributed by atoms with Gasteiger partial charge < -0.3 is 10.1 Å². The first kappa shape index (κ1) is 22.0. The molecule has 4 aromatic rings. The molecule has 2 aromatic carbocycles. The number of rotatable bonds is 6. The molecule has 0 radical (unpaired) electrons. The molecule has 1 atom stereocenters. The van der Waals surface area contributed by atoms with Gasteiger partial charge >= 0.3 is 5.97 Å². The van der Waals surface area contributed by atoms with Gasteiger partial charge in [0.1, 0.15) is 0 Å². The van der Waals surface area contributed by atoms with E-state index in [4.69, 9.17) is 4.74 Å². The normalized spacial score (nSPS) is 11.6. The van der Waals surface area contributed by atoms with Crippen LogP contribution in [0.2, 0.25) is 0 Å². The van der Waals surface area contributed by atoms with Gasteiger partial charge in [-0.25, -0.2) is 14.5 Å². The Bertz CT molecular complexity index is 1260. The molecule has 4 rings (SSSR count). The Balaban J connectivity index is 1.54. The number of ether oxygens (including phenoxy) is 1. The first-order valence-corrected chi connectivity index (χ1v) is 10.5. The second-order valence-corrected chi connectivity index (χ2v) is 7.80. The van der Waals surface area contributed by atoms with Crippen molar-refractivity contribution >= 4 is 17.6 Å². The Kier molecular flexibility index (Phi) is 6.31. The molecule has 1 unspecified atom stereocenters. The van der Waals surface area contributed by atoms with E-state index < -0.39 is 18.0 Å². The van der Waals surface area contributed by atoms with Gasteiger partial charge in [-0.3, -0.25) is 4.79 Å². The largest absolute Gasteiger partial charge is 0.444 e. The van der Waals surface area contributed by atoms with Gasteiger partial charge in [0.15, 0.2) is 5.82 Å². The summed E-state index contributed by atoms with van der Waals surface area (Å²) in [6, 6.07) is 21.6. The van der Waals surface area contributed by atoms with Crippen LogP contribution >= 0.6 is 0 Å². The maximum atomic E-state index is 13.0. The van der Waals surface area contributed by atoms with E-state index in [2.05, 4.69) is 15.4 Å². The highest BCUT2D eigenvalue weighted by Gasteiger charge is 2.26. The minimum Gasteiger partial charge on any atom is -0.444 e. The van der Waals surface area contributed by atoms with Gasteiger partial charge in [-0.15, -0.1) is 0 Å². The Hall–Kier alpha value is -4.26. The number of hydrogen-bond donors (Lipinski definition) is 1. The minimum atomic E-state index is -1.12. The molecule has 2 heterocycles. The molecule has 1 amide bonds. The standard InChI is InChI=1S/C26H24N4O3/c1-17-9-12-22(13-10-17)28-25(31)24(20-7-5-4-6-8-20)33-26(32)21-11-14-23(27-16-21)30-19(3)15-18(2)29-30/h4-16,24H,1-3H3,(H,28,31). The van der Waals surface area contributed by atoms with Crippen molar-refractivity contribution in [3.8, 4) is 5.82 Å². The summed E-state index contributed by atoms with van der Waals surface area (Å²) in [6.45, 7) is 5.80. The van der Waals surface area contributed by atoms with Gasteiger partial charge in [0.05, 0.1) is 11.3 Å². The number of amides is 1. The molecule has 2 aromatic heterocycles. The van der Waals surface area contributed by atoms with E-state index in [0.29, 0.717) is 17.1 Å². The summed E-state index contributed by atoms with van der Waals surface area (Å²) >= 11 is 0. The highest BCUT2D eigenvalue weighted by atomic mass is 16.5. The summed E-state index contributed by atoms with van der Waals surface area (Å²) in [5.74, 6) is -0.491. The molecule has 0 saturated heterocycles. The molecule has 166 valence electrons. The Morgan fingerprint density at radius 2 is 1.67 bits per heavy atom. The third-order valence-corrected chi connectivity index (χ3v) is 5.09. The number of aryl methyl sites for hydroxylation is 3. The van der Waals surface area contributed by atoms with Crippen molar-refractivity contribution in [1.82, 2.24) is 14.8 Å². The van der Waals surface area contributed by atoms with Crippen LogP contribution in [0.3, 0.4) is 0 Å². The molecule has 0 spiro atoms. The summed E-state index contributed by atoms with van der Waals surface area (Å²) < 4.78 is 7.34. The predicted molar refractivity (Wildman–Crippen MR) is 125 cm³/mol. The van der Waals surface area contributed by atoms with Crippen LogP contribution in [0.5, 0.6) is 0 Å². The van der Waals surface area contributed by atoms with E-state index in [1.165, 1.54) is 6.20 Å². The Morgan fingerprint density at radius 1 is 0.939 bits per heavy atom. The van der Waals surface area contributed by atoms with E-state index in [9.17, 15) is 9.59 Å². The molecule has 7 nitrogen and oxygen atoms in total. The van der Waals surface area contributed by atoms with E-state index in [0.717, 1.165) is 17.0 Å². The quantitative estimate of drug-likeness (QED) is 0.438. The number of pyridine rings is 1. The molecule has 0 bridgehead atoms. The number of carbonyl (C=O) groups excluding carboxylic acids is 2. The first-order chi connectivity index (χ1) is 15.9. The van der Waals surface area contributed by atoms with E-state index >= 15 is 0 Å². The van der Waals surface area contributed by atoms with Crippen molar-refractivity contribution in [3.05, 3.63) is 107 Å². The molecule has 1 N–H and O–H groups in total. The number of aromatic nitrogens is 3. The topological polar surface area (TPSA) is 86.1 Å². The first-order valence-electron chi connectivity index (χ1n) is 10.5. The maximum absolute atomic E-state index is 13.0. The van der Waals surface area contributed by atoms with Crippen LogP contribution in [0.4, 0.5) is 5.69 Å². The molecule has 7 heteroatoms. The van der Waals surface area contributed by atoms with Crippen molar-refractivity contribution in [2.45, 2.75) is 26.9 Å². The van der Waals surface area contributed by atoms with Gasteiger partial charge in [-0.2, -0.15) is 5.10 Å². The fourth-order valence-electron chi connectivity index (χ4n) is 3.41. The average Bonchev–Trinajstić information content (AvgIpc) is 3.17. The fourth-order valence-corrected chi connectivity index (χ4v) is 3.41. The number of nitrogens with zero attached hydrogens (tertiary/aromatic N) is 3. The maximum Gasteiger partial charge on any atom is 0.340 e. The lowest BCUT2D eigenvalue weighted by Crippen LogP contribution is -2.26. The lowest BCUT2D eigenvalue weighted by molar-refractivity contribution is -0.125. The molecule has 33 heavy (non-hydrogen) atoms. The Labute approximate surface area is 192 Å². The molecule has 0 aliphatic heterocycles. The smallest absolute Gasteiger partial charge is 0.340 e.